The minimum Gasteiger partial charge on any atom is -0.318 e. The average molecular weight is 364 g/mol. The molecule has 0 saturated heterocycles. The van der Waals surface area contributed by atoms with Crippen molar-refractivity contribution in [3.8, 4) is 0 Å². The molecule has 10 heteroatoms. The highest BCUT2D eigenvalue weighted by atomic mass is 32.2. The van der Waals surface area contributed by atoms with Gasteiger partial charge in [0.2, 0.25) is 4.80 Å². The predicted octanol–water partition coefficient (Wildman–Crippen LogP) is 1.94. The van der Waals surface area contributed by atoms with Crippen molar-refractivity contribution in [3.63, 3.8) is 0 Å². The van der Waals surface area contributed by atoms with E-state index in [9.17, 15) is 18.5 Å². The minimum atomic E-state index is -3.90. The van der Waals surface area contributed by atoms with Crippen LogP contribution in [0.3, 0.4) is 0 Å². The van der Waals surface area contributed by atoms with Gasteiger partial charge in [0.1, 0.15) is 0 Å². The van der Waals surface area contributed by atoms with Crippen molar-refractivity contribution in [3.05, 3.63) is 63.4 Å². The van der Waals surface area contributed by atoms with Gasteiger partial charge in [-0.3, -0.25) is 10.1 Å². The predicted molar refractivity (Wildman–Crippen MR) is 89.8 cm³/mol. The monoisotopic (exact) mass is 364 g/mol. The molecule has 0 aliphatic heterocycles. The lowest BCUT2D eigenvalue weighted by atomic mass is 10.3. The Labute approximate surface area is 140 Å². The zero-order chi connectivity index (χ0) is 17.3. The molecule has 8 nitrogen and oxygen atoms in total. The van der Waals surface area contributed by atoms with Gasteiger partial charge in [-0.25, -0.2) is 0 Å². The Bertz CT molecular complexity index is 1080. The molecule has 3 rings (SSSR count). The van der Waals surface area contributed by atoms with E-state index in [-0.39, 0.29) is 10.6 Å². The Kier molecular flexibility index (Phi) is 4.08. The lowest BCUT2D eigenvalue weighted by Crippen LogP contribution is -2.23. The summed E-state index contributed by atoms with van der Waals surface area (Å²) in [4.78, 5) is 12.6. The van der Waals surface area contributed by atoms with Crippen LogP contribution in [-0.2, 0) is 17.1 Å². The van der Waals surface area contributed by atoms with Crippen LogP contribution in [0.1, 0.15) is 0 Å². The number of para-hydroxylation sites is 1. The molecule has 2 aromatic carbocycles. The first kappa shape index (κ1) is 16.1. The number of thiazole rings is 1. The quantitative estimate of drug-likeness (QED) is 0.564. The van der Waals surface area contributed by atoms with Crippen molar-refractivity contribution in [2.24, 2.45) is 12.1 Å². The Morgan fingerprint density at radius 1 is 1.17 bits per heavy atom. The van der Waals surface area contributed by atoms with Crippen molar-refractivity contribution in [2.75, 3.05) is 0 Å². The summed E-state index contributed by atoms with van der Waals surface area (Å²) in [7, 11) is -2.11. The summed E-state index contributed by atoms with van der Waals surface area (Å²) in [5.74, 6) is 0. The Hall–Kier alpha value is -2.72. The molecule has 0 spiro atoms. The third kappa shape index (κ3) is 3.01. The first-order chi connectivity index (χ1) is 11.4. The third-order valence-electron chi connectivity index (χ3n) is 3.33. The van der Waals surface area contributed by atoms with E-state index < -0.39 is 14.9 Å². The van der Waals surface area contributed by atoms with Crippen LogP contribution in [0.5, 0.6) is 0 Å². The first-order valence-corrected chi connectivity index (χ1v) is 9.03. The van der Waals surface area contributed by atoms with E-state index in [2.05, 4.69) is 9.93 Å². The molecule has 24 heavy (non-hydrogen) atoms. The van der Waals surface area contributed by atoms with Crippen LogP contribution < -0.4 is 9.63 Å². The van der Waals surface area contributed by atoms with Gasteiger partial charge in [-0.2, -0.15) is 13.2 Å². The average Bonchev–Trinajstić information content (AvgIpc) is 2.90. The van der Waals surface area contributed by atoms with E-state index in [0.29, 0.717) is 4.80 Å². The second kappa shape index (κ2) is 6.06. The molecular weight excluding hydrogens is 352 g/mol. The van der Waals surface area contributed by atoms with Gasteiger partial charge >= 0.3 is 0 Å². The number of fused-ring (bicyclic) bond motifs is 1. The van der Waals surface area contributed by atoms with E-state index in [1.807, 2.05) is 24.3 Å². The largest absolute Gasteiger partial charge is 0.318 e. The lowest BCUT2D eigenvalue weighted by molar-refractivity contribution is -0.384. The molecule has 0 unspecified atom stereocenters. The summed E-state index contributed by atoms with van der Waals surface area (Å²) in [5, 5.41) is 14.6. The first-order valence-electron chi connectivity index (χ1n) is 6.73. The fourth-order valence-electron chi connectivity index (χ4n) is 2.09. The maximum atomic E-state index is 12.2. The number of aryl methyl sites for hydroxylation is 1. The Morgan fingerprint density at radius 2 is 1.83 bits per heavy atom. The van der Waals surface area contributed by atoms with Crippen LogP contribution in [0, 0.1) is 10.1 Å². The summed E-state index contributed by atoms with van der Waals surface area (Å²) in [6.45, 7) is 0. The molecule has 0 fully saturated rings. The molecule has 124 valence electrons. The molecule has 0 aliphatic rings. The maximum absolute atomic E-state index is 12.2. The number of rotatable bonds is 4. The van der Waals surface area contributed by atoms with E-state index in [1.54, 1.807) is 11.6 Å². The molecular formula is C14H12N4O4S2. The van der Waals surface area contributed by atoms with Crippen LogP contribution in [0.4, 0.5) is 5.69 Å². The van der Waals surface area contributed by atoms with Crippen LogP contribution in [0.15, 0.2) is 58.5 Å². The fourth-order valence-corrected chi connectivity index (χ4v) is 3.93. The molecule has 1 heterocycles. The molecule has 0 amide bonds. The van der Waals surface area contributed by atoms with E-state index >= 15 is 0 Å². The zero-order valence-electron chi connectivity index (χ0n) is 12.4. The number of benzene rings is 2. The van der Waals surface area contributed by atoms with Gasteiger partial charge in [0.25, 0.3) is 15.7 Å². The number of sulfonamides is 1. The zero-order valence-corrected chi connectivity index (χ0v) is 14.0. The molecule has 1 aromatic heterocycles. The van der Waals surface area contributed by atoms with Crippen molar-refractivity contribution >= 4 is 37.3 Å². The smallest absolute Gasteiger partial charge is 0.276 e. The van der Waals surface area contributed by atoms with Crippen molar-refractivity contribution in [1.29, 1.82) is 0 Å². The number of nitro benzene ring substituents is 1. The lowest BCUT2D eigenvalue weighted by Gasteiger charge is -2.02. The number of hydrogen-bond acceptors (Lipinski definition) is 6. The van der Waals surface area contributed by atoms with Gasteiger partial charge in [-0.15, -0.1) is 5.10 Å². The summed E-state index contributed by atoms with van der Waals surface area (Å²) < 4.78 is 27.2. The molecule has 0 saturated carbocycles. The highest BCUT2D eigenvalue weighted by molar-refractivity contribution is 7.89. The van der Waals surface area contributed by atoms with Gasteiger partial charge in [0.05, 0.1) is 20.0 Å². The van der Waals surface area contributed by atoms with Gasteiger partial charge in [-0.1, -0.05) is 23.5 Å². The van der Waals surface area contributed by atoms with Gasteiger partial charge in [-0.05, 0) is 24.3 Å². The molecule has 0 aliphatic carbocycles. The minimum absolute atomic E-state index is 0.0967. The van der Waals surface area contributed by atoms with Gasteiger partial charge in [0.15, 0.2) is 0 Å². The molecule has 0 radical (unpaired) electrons. The summed E-state index contributed by atoms with van der Waals surface area (Å²) in [6, 6.07) is 12.2. The number of non-ortho nitro benzene ring substituents is 1. The van der Waals surface area contributed by atoms with Crippen LogP contribution in [0.25, 0.3) is 10.2 Å². The van der Waals surface area contributed by atoms with Gasteiger partial charge in [0, 0.05) is 19.2 Å². The number of nitro groups is 1. The number of nitrogens with zero attached hydrogens (tertiary/aromatic N) is 3. The van der Waals surface area contributed by atoms with Crippen LogP contribution in [-0.4, -0.2) is 17.9 Å². The summed E-state index contributed by atoms with van der Waals surface area (Å²) in [5.41, 5.74) is 0.762. The van der Waals surface area contributed by atoms with Crippen LogP contribution >= 0.6 is 11.3 Å². The van der Waals surface area contributed by atoms with E-state index in [4.69, 9.17) is 0 Å². The van der Waals surface area contributed by atoms with Gasteiger partial charge < -0.3 is 4.57 Å². The summed E-state index contributed by atoms with van der Waals surface area (Å²) >= 11 is 1.35. The highest BCUT2D eigenvalue weighted by Crippen LogP contribution is 2.16. The molecule has 0 bridgehead atoms. The topological polar surface area (TPSA) is 107 Å². The third-order valence-corrected chi connectivity index (χ3v) is 5.67. The second-order valence-corrected chi connectivity index (χ2v) is 7.54. The molecule has 3 aromatic rings. The normalized spacial score (nSPS) is 12.5. The Morgan fingerprint density at radius 3 is 2.46 bits per heavy atom. The second-order valence-electron chi connectivity index (χ2n) is 4.87. The summed E-state index contributed by atoms with van der Waals surface area (Å²) in [6.07, 6.45) is 0. The van der Waals surface area contributed by atoms with E-state index in [1.165, 1.54) is 23.5 Å². The molecule has 1 N–H and O–H groups in total. The number of hydrogen-bond donors (Lipinski definition) is 1. The highest BCUT2D eigenvalue weighted by Gasteiger charge is 2.15. The van der Waals surface area contributed by atoms with Crippen molar-refractivity contribution < 1.29 is 13.3 Å². The maximum Gasteiger partial charge on any atom is 0.276 e. The standard InChI is InChI=1S/C14H12N4O4S2/c1-17-12-4-2-3-5-13(12)23-14(17)15-16-24(21,22)11-8-6-10(7-9-11)18(19)20/h2-9,16H,1H3/b15-14-. The van der Waals surface area contributed by atoms with Crippen molar-refractivity contribution in [2.45, 2.75) is 4.90 Å². The number of nitrogens with one attached hydrogen (secondary N) is 1. The SMILES string of the molecule is Cn1/c(=N/NS(=O)(=O)c2ccc([N+](=O)[O-])cc2)sc2ccccc21. The van der Waals surface area contributed by atoms with E-state index in [0.717, 1.165) is 22.3 Å². The Balaban J connectivity index is 1.94. The molecule has 0 atom stereocenters. The number of aromatic nitrogens is 1. The van der Waals surface area contributed by atoms with Crippen LogP contribution in [0.2, 0.25) is 0 Å². The fraction of sp³-hybridized carbons (Fsp3) is 0.0714. The van der Waals surface area contributed by atoms with Crippen molar-refractivity contribution in [1.82, 2.24) is 9.40 Å².